The van der Waals surface area contributed by atoms with Crippen LogP contribution in [0.15, 0.2) is 11.8 Å². The molecule has 0 aromatic carbocycles. The quantitative estimate of drug-likeness (QED) is 0.384. The van der Waals surface area contributed by atoms with Crippen LogP contribution in [0.1, 0.15) is 26.7 Å². The summed E-state index contributed by atoms with van der Waals surface area (Å²) in [6.45, 7) is 2.48. The minimum Gasteiger partial charge on any atom is -0.542 e. The fraction of sp³-hybridized carbons (Fsp3) is 0.643. The molecule has 4 N–H and O–H groups in total. The van der Waals surface area contributed by atoms with Crippen molar-refractivity contribution in [1.29, 1.82) is 0 Å². The Morgan fingerprint density at radius 1 is 1.35 bits per heavy atom. The minimum absolute atomic E-state index is 0.00147. The molecule has 130 valence electrons. The number of ether oxygens (including phenoxy) is 1. The summed E-state index contributed by atoms with van der Waals surface area (Å²) in [5.41, 5.74) is 0. The molecule has 0 saturated carbocycles. The van der Waals surface area contributed by atoms with Crippen molar-refractivity contribution in [3.8, 4) is 0 Å². The number of rotatable bonds is 7. The lowest BCUT2D eigenvalue weighted by molar-refractivity contribution is -0.305. The Bertz CT molecular complexity index is 503. The molecule has 1 aliphatic rings. The minimum atomic E-state index is -1.71. The van der Waals surface area contributed by atoms with Gasteiger partial charge in [-0.25, -0.2) is 0 Å². The molecule has 1 amide bonds. The van der Waals surface area contributed by atoms with Crippen LogP contribution in [0.4, 0.5) is 0 Å². The van der Waals surface area contributed by atoms with Crippen LogP contribution >= 0.6 is 0 Å². The number of aliphatic carboxylic acids is 1. The van der Waals surface area contributed by atoms with Gasteiger partial charge in [-0.1, -0.05) is 0 Å². The number of hydrogen-bond acceptors (Lipinski definition) is 8. The fourth-order valence-electron chi connectivity index (χ4n) is 2.25. The summed E-state index contributed by atoms with van der Waals surface area (Å²) >= 11 is 0. The molecule has 9 nitrogen and oxygen atoms in total. The van der Waals surface area contributed by atoms with Crippen molar-refractivity contribution in [1.82, 2.24) is 5.32 Å². The summed E-state index contributed by atoms with van der Waals surface area (Å²) in [6, 6.07) is -1.17. The molecule has 9 heteroatoms. The number of Topliss-reactive ketones (excluding diaryl/α,β-unsaturated/α-hetero) is 1. The number of hydrogen-bond donors (Lipinski definition) is 4. The van der Waals surface area contributed by atoms with E-state index in [-0.39, 0.29) is 18.6 Å². The normalized spacial score (nSPS) is 26.5. The first-order valence-corrected chi connectivity index (χ1v) is 7.04. The van der Waals surface area contributed by atoms with Crippen LogP contribution in [0.3, 0.4) is 0 Å². The van der Waals surface area contributed by atoms with E-state index >= 15 is 0 Å². The lowest BCUT2D eigenvalue weighted by atomic mass is 9.92. The molecule has 0 aromatic heterocycles. The van der Waals surface area contributed by atoms with Crippen molar-refractivity contribution in [2.45, 2.75) is 57.1 Å². The Kier molecular flexibility index (Phi) is 6.67. The van der Waals surface area contributed by atoms with Crippen molar-refractivity contribution < 1.29 is 39.5 Å². The predicted molar refractivity (Wildman–Crippen MR) is 73.5 cm³/mol. The maximum atomic E-state index is 11.2. The molecular weight excluding hydrogens is 310 g/mol. The van der Waals surface area contributed by atoms with E-state index in [0.29, 0.717) is 0 Å². The largest absolute Gasteiger partial charge is 0.542 e. The van der Waals surface area contributed by atoms with Gasteiger partial charge in [-0.2, -0.15) is 0 Å². The third-order valence-electron chi connectivity index (χ3n) is 3.40. The van der Waals surface area contributed by atoms with Crippen molar-refractivity contribution in [2.75, 3.05) is 0 Å². The first-order chi connectivity index (χ1) is 10.6. The standard InChI is InChI=1S/C14H21NO8/c1-6(16)3-4-8(18)12(20)13-11(15-7(2)17)9(19)5-10(23-13)14(21)22/h5,8-9,11-13,18-20H,3-4H2,1-2H3,(H,15,17)(H,21,22)/p-1/t8-,9-,11-,12-,13?/m1/s1. The summed E-state index contributed by atoms with van der Waals surface area (Å²) in [6.07, 6.45) is -5.17. The number of carboxylic acid groups (broad SMARTS) is 1. The van der Waals surface area contributed by atoms with Gasteiger partial charge in [0.1, 0.15) is 29.7 Å². The highest BCUT2D eigenvalue weighted by Gasteiger charge is 2.41. The van der Waals surface area contributed by atoms with Crippen LogP contribution < -0.4 is 10.4 Å². The van der Waals surface area contributed by atoms with E-state index in [1.807, 2.05) is 0 Å². The molecule has 1 unspecified atom stereocenters. The first kappa shape index (κ1) is 19.1. The third kappa shape index (κ3) is 5.31. The number of aliphatic hydroxyl groups excluding tert-OH is 3. The molecular formula is C14H20NO8-. The van der Waals surface area contributed by atoms with Crippen LogP contribution in [0.5, 0.6) is 0 Å². The Morgan fingerprint density at radius 3 is 2.43 bits per heavy atom. The molecule has 0 radical (unpaired) electrons. The van der Waals surface area contributed by atoms with Crippen molar-refractivity contribution >= 4 is 17.7 Å². The second kappa shape index (κ2) is 8.04. The number of carbonyl (C=O) groups excluding carboxylic acids is 3. The molecule has 1 heterocycles. The van der Waals surface area contributed by atoms with Crippen molar-refractivity contribution in [3.63, 3.8) is 0 Å². The van der Waals surface area contributed by atoms with Gasteiger partial charge in [-0.05, 0) is 19.4 Å². The lowest BCUT2D eigenvalue weighted by Crippen LogP contribution is -2.59. The SMILES string of the molecule is CC(=O)CC[C@@H](O)[C@@H](O)C1OC(C(=O)[O-])=C[C@@H](O)[C@H]1NC(C)=O. The Hall–Kier alpha value is -1.97. The molecule has 0 aliphatic carbocycles. The summed E-state index contributed by atoms with van der Waals surface area (Å²) < 4.78 is 5.05. The van der Waals surface area contributed by atoms with E-state index in [2.05, 4.69) is 5.32 Å². The van der Waals surface area contributed by atoms with Gasteiger partial charge >= 0.3 is 0 Å². The highest BCUT2D eigenvalue weighted by molar-refractivity contribution is 5.82. The fourth-order valence-corrected chi connectivity index (χ4v) is 2.25. The monoisotopic (exact) mass is 330 g/mol. The Labute approximate surface area is 132 Å². The maximum Gasteiger partial charge on any atom is 0.217 e. The molecule has 0 aromatic rings. The average molecular weight is 330 g/mol. The van der Waals surface area contributed by atoms with E-state index in [1.54, 1.807) is 0 Å². The highest BCUT2D eigenvalue weighted by Crippen LogP contribution is 2.23. The zero-order chi connectivity index (χ0) is 17.7. The van der Waals surface area contributed by atoms with Crippen LogP contribution in [0.2, 0.25) is 0 Å². The topological polar surface area (TPSA) is 156 Å². The number of ketones is 1. The van der Waals surface area contributed by atoms with Crippen molar-refractivity contribution in [2.24, 2.45) is 0 Å². The van der Waals surface area contributed by atoms with Gasteiger partial charge in [0.15, 0.2) is 0 Å². The van der Waals surface area contributed by atoms with Crippen LogP contribution in [-0.4, -0.2) is 63.4 Å². The Balaban J connectivity index is 2.96. The van der Waals surface area contributed by atoms with Gasteiger partial charge in [0.25, 0.3) is 0 Å². The van der Waals surface area contributed by atoms with Gasteiger partial charge in [-0.15, -0.1) is 0 Å². The highest BCUT2D eigenvalue weighted by atomic mass is 16.5. The van der Waals surface area contributed by atoms with Gasteiger partial charge in [-0.3, -0.25) is 4.79 Å². The Morgan fingerprint density at radius 2 is 1.96 bits per heavy atom. The molecule has 0 spiro atoms. The maximum absolute atomic E-state index is 11.2. The predicted octanol–water partition coefficient (Wildman–Crippen LogP) is -3.02. The number of carbonyl (C=O) groups is 3. The van der Waals surface area contributed by atoms with Gasteiger partial charge in [0.2, 0.25) is 5.91 Å². The second-order valence-electron chi connectivity index (χ2n) is 5.42. The van der Waals surface area contributed by atoms with Crippen LogP contribution in [0, 0.1) is 0 Å². The number of aliphatic hydroxyl groups is 3. The molecule has 0 bridgehead atoms. The van der Waals surface area contributed by atoms with E-state index < -0.39 is 48.1 Å². The zero-order valence-corrected chi connectivity index (χ0v) is 12.8. The van der Waals surface area contributed by atoms with E-state index in [9.17, 15) is 34.8 Å². The van der Waals surface area contributed by atoms with Gasteiger partial charge in [0, 0.05) is 13.3 Å². The van der Waals surface area contributed by atoms with E-state index in [0.717, 1.165) is 6.08 Å². The van der Waals surface area contributed by atoms with Crippen LogP contribution in [0.25, 0.3) is 0 Å². The third-order valence-corrected chi connectivity index (χ3v) is 3.40. The zero-order valence-electron chi connectivity index (χ0n) is 12.8. The van der Waals surface area contributed by atoms with Crippen LogP contribution in [-0.2, 0) is 19.1 Å². The van der Waals surface area contributed by atoms with E-state index in [4.69, 9.17) is 4.74 Å². The molecule has 1 rings (SSSR count). The summed E-state index contributed by atoms with van der Waals surface area (Å²) in [7, 11) is 0. The number of nitrogens with one attached hydrogen (secondary N) is 1. The number of carboxylic acids is 1. The molecule has 0 saturated heterocycles. The summed E-state index contributed by atoms with van der Waals surface area (Å²) in [4.78, 5) is 33.0. The van der Waals surface area contributed by atoms with E-state index in [1.165, 1.54) is 13.8 Å². The van der Waals surface area contributed by atoms with Crippen molar-refractivity contribution in [3.05, 3.63) is 11.8 Å². The molecule has 0 fully saturated rings. The first-order valence-electron chi connectivity index (χ1n) is 7.04. The molecule has 23 heavy (non-hydrogen) atoms. The smallest absolute Gasteiger partial charge is 0.217 e. The summed E-state index contributed by atoms with van der Waals surface area (Å²) in [5, 5.41) is 43.3. The average Bonchev–Trinajstić information content (AvgIpc) is 2.45. The van der Waals surface area contributed by atoms with Gasteiger partial charge < -0.3 is 40.1 Å². The summed E-state index contributed by atoms with van der Waals surface area (Å²) in [5.74, 6) is -3.16. The number of amides is 1. The van der Waals surface area contributed by atoms with Gasteiger partial charge in [0.05, 0.1) is 18.2 Å². The lowest BCUT2D eigenvalue weighted by Gasteiger charge is -2.39. The molecule has 1 aliphatic heterocycles. The second-order valence-corrected chi connectivity index (χ2v) is 5.42. The molecule has 5 atom stereocenters.